The van der Waals surface area contributed by atoms with Crippen molar-refractivity contribution in [2.24, 2.45) is 0 Å². The quantitative estimate of drug-likeness (QED) is 0.602. The van der Waals surface area contributed by atoms with Crippen LogP contribution >= 0.6 is 0 Å². The number of hydrogen-bond donors (Lipinski definition) is 1. The minimum absolute atomic E-state index is 0.00736. The van der Waals surface area contributed by atoms with Crippen molar-refractivity contribution >= 4 is 20.0 Å². The minimum Gasteiger partial charge on any atom is -0.492 e. The summed E-state index contributed by atoms with van der Waals surface area (Å²) < 4.78 is 77.4. The zero-order valence-electron chi connectivity index (χ0n) is 16.4. The maximum Gasteiger partial charge on any atom is 0.243 e. The fraction of sp³-hybridized carbons (Fsp3) is 0.368. The van der Waals surface area contributed by atoms with Crippen LogP contribution in [-0.4, -0.2) is 60.6 Å². The van der Waals surface area contributed by atoms with Gasteiger partial charge < -0.3 is 9.47 Å². The van der Waals surface area contributed by atoms with E-state index in [1.807, 2.05) is 0 Å². The van der Waals surface area contributed by atoms with Crippen LogP contribution in [0.4, 0.5) is 4.39 Å². The summed E-state index contributed by atoms with van der Waals surface area (Å²) in [6, 6.07) is 9.49. The first-order valence-corrected chi connectivity index (χ1v) is 12.2. The van der Waals surface area contributed by atoms with E-state index in [0.717, 1.165) is 6.07 Å². The van der Waals surface area contributed by atoms with E-state index in [4.69, 9.17) is 9.47 Å². The van der Waals surface area contributed by atoms with Gasteiger partial charge in [-0.05, 0) is 55.0 Å². The normalized spacial score (nSPS) is 15.8. The van der Waals surface area contributed by atoms with Crippen molar-refractivity contribution in [3.63, 3.8) is 0 Å². The highest BCUT2D eigenvalue weighted by atomic mass is 32.2. The average molecular weight is 459 g/mol. The van der Waals surface area contributed by atoms with Crippen molar-refractivity contribution in [2.45, 2.75) is 16.7 Å². The van der Waals surface area contributed by atoms with Gasteiger partial charge in [-0.25, -0.2) is 25.9 Å². The Kier molecular flexibility index (Phi) is 7.09. The highest BCUT2D eigenvalue weighted by molar-refractivity contribution is 7.89. The van der Waals surface area contributed by atoms with Crippen LogP contribution < -0.4 is 9.46 Å². The monoisotopic (exact) mass is 458 g/mol. The van der Waals surface area contributed by atoms with Crippen molar-refractivity contribution in [2.75, 3.05) is 39.5 Å². The lowest BCUT2D eigenvalue weighted by Gasteiger charge is -2.26. The van der Waals surface area contributed by atoms with Crippen molar-refractivity contribution in [3.05, 3.63) is 53.8 Å². The smallest absolute Gasteiger partial charge is 0.243 e. The summed E-state index contributed by atoms with van der Waals surface area (Å²) in [6.45, 7) is 2.88. The maximum absolute atomic E-state index is 13.3. The number of nitrogens with zero attached hydrogens (tertiary/aromatic N) is 1. The number of hydrogen-bond acceptors (Lipinski definition) is 6. The molecule has 0 aliphatic carbocycles. The van der Waals surface area contributed by atoms with Crippen LogP contribution in [-0.2, 0) is 24.8 Å². The Morgan fingerprint density at radius 1 is 1.03 bits per heavy atom. The predicted molar refractivity (Wildman–Crippen MR) is 108 cm³/mol. The molecule has 0 aromatic heterocycles. The number of benzene rings is 2. The Balaban J connectivity index is 1.53. The Hall–Kier alpha value is -2.05. The molecular formula is C19H23FN2O6S2. The summed E-state index contributed by atoms with van der Waals surface area (Å²) in [5.74, 6) is -0.0656. The van der Waals surface area contributed by atoms with Gasteiger partial charge in [0.1, 0.15) is 18.2 Å². The van der Waals surface area contributed by atoms with E-state index < -0.39 is 25.9 Å². The number of sulfonamides is 2. The Morgan fingerprint density at radius 2 is 1.67 bits per heavy atom. The van der Waals surface area contributed by atoms with E-state index in [-0.39, 0.29) is 28.5 Å². The lowest BCUT2D eigenvalue weighted by Crippen LogP contribution is -2.40. The predicted octanol–water partition coefficient (Wildman–Crippen LogP) is 1.51. The van der Waals surface area contributed by atoms with Gasteiger partial charge in [-0.3, -0.25) is 0 Å². The second kappa shape index (κ2) is 9.40. The van der Waals surface area contributed by atoms with Crippen LogP contribution in [0.15, 0.2) is 52.3 Å². The molecule has 2 aromatic carbocycles. The largest absolute Gasteiger partial charge is 0.492 e. The van der Waals surface area contributed by atoms with Gasteiger partial charge in [0.05, 0.1) is 23.0 Å². The number of ether oxygens (including phenoxy) is 2. The van der Waals surface area contributed by atoms with Crippen molar-refractivity contribution in [1.82, 2.24) is 9.03 Å². The Morgan fingerprint density at radius 3 is 2.30 bits per heavy atom. The molecule has 164 valence electrons. The average Bonchev–Trinajstić information content (AvgIpc) is 2.74. The van der Waals surface area contributed by atoms with Crippen molar-refractivity contribution in [3.8, 4) is 5.75 Å². The first kappa shape index (κ1) is 22.6. The van der Waals surface area contributed by atoms with Gasteiger partial charge in [0, 0.05) is 19.6 Å². The summed E-state index contributed by atoms with van der Waals surface area (Å²) in [5.41, 5.74) is 0.237. The molecule has 1 aliphatic rings. The van der Waals surface area contributed by atoms with Crippen LogP contribution in [0.5, 0.6) is 5.75 Å². The summed E-state index contributed by atoms with van der Waals surface area (Å²) >= 11 is 0. The topological polar surface area (TPSA) is 102 Å². The number of rotatable bonds is 8. The Bertz CT molecular complexity index is 1080. The standard InChI is InChI=1S/C19H23FN2O6S2/c1-15-14-18(6-7-19(15)20)29(23,24)21-8-11-28-16-2-4-17(5-3-16)30(25,26)22-9-12-27-13-10-22/h2-7,14,21H,8-13H2,1H3. The molecule has 0 atom stereocenters. The summed E-state index contributed by atoms with van der Waals surface area (Å²) in [6.07, 6.45) is 0. The maximum atomic E-state index is 13.3. The van der Waals surface area contributed by atoms with Crippen LogP contribution in [0.2, 0.25) is 0 Å². The van der Waals surface area contributed by atoms with Crippen LogP contribution in [0.3, 0.4) is 0 Å². The molecule has 1 aliphatic heterocycles. The van der Waals surface area contributed by atoms with Gasteiger partial charge in [0.2, 0.25) is 20.0 Å². The first-order chi connectivity index (χ1) is 14.2. The molecule has 1 heterocycles. The number of aryl methyl sites for hydroxylation is 1. The van der Waals surface area contributed by atoms with Gasteiger partial charge in [-0.2, -0.15) is 4.31 Å². The molecule has 0 bridgehead atoms. The van der Waals surface area contributed by atoms with Gasteiger partial charge >= 0.3 is 0 Å². The third-order valence-electron chi connectivity index (χ3n) is 4.53. The zero-order valence-corrected chi connectivity index (χ0v) is 18.0. The van der Waals surface area contributed by atoms with E-state index in [0.29, 0.717) is 32.1 Å². The summed E-state index contributed by atoms with van der Waals surface area (Å²) in [5, 5.41) is 0. The molecule has 0 spiro atoms. The van der Waals surface area contributed by atoms with Gasteiger partial charge in [0.25, 0.3) is 0 Å². The van der Waals surface area contributed by atoms with Gasteiger partial charge in [-0.15, -0.1) is 0 Å². The highest BCUT2D eigenvalue weighted by Gasteiger charge is 2.26. The number of halogens is 1. The molecular weight excluding hydrogens is 435 g/mol. The third kappa shape index (κ3) is 5.35. The molecule has 1 saturated heterocycles. The van der Waals surface area contributed by atoms with Crippen LogP contribution in [0.25, 0.3) is 0 Å². The van der Waals surface area contributed by atoms with E-state index >= 15 is 0 Å². The van der Waals surface area contributed by atoms with E-state index in [1.54, 1.807) is 0 Å². The SMILES string of the molecule is Cc1cc(S(=O)(=O)NCCOc2ccc(S(=O)(=O)N3CCOCC3)cc2)ccc1F. The van der Waals surface area contributed by atoms with E-state index in [2.05, 4.69) is 4.72 Å². The fourth-order valence-electron chi connectivity index (χ4n) is 2.86. The van der Waals surface area contributed by atoms with Crippen molar-refractivity contribution in [1.29, 1.82) is 0 Å². The molecule has 2 aromatic rings. The fourth-order valence-corrected chi connectivity index (χ4v) is 5.36. The molecule has 1 fully saturated rings. The second-order valence-corrected chi connectivity index (χ2v) is 10.3. The lowest BCUT2D eigenvalue weighted by atomic mass is 10.2. The molecule has 0 amide bonds. The molecule has 30 heavy (non-hydrogen) atoms. The summed E-state index contributed by atoms with van der Waals surface area (Å²) in [7, 11) is -7.37. The molecule has 0 saturated carbocycles. The zero-order chi connectivity index (χ0) is 21.8. The number of morpholine rings is 1. The molecule has 8 nitrogen and oxygen atoms in total. The van der Waals surface area contributed by atoms with E-state index in [1.165, 1.54) is 47.6 Å². The van der Waals surface area contributed by atoms with Crippen molar-refractivity contribution < 1.29 is 30.7 Å². The third-order valence-corrected chi connectivity index (χ3v) is 7.91. The van der Waals surface area contributed by atoms with Gasteiger partial charge in [0.15, 0.2) is 0 Å². The van der Waals surface area contributed by atoms with Crippen LogP contribution in [0.1, 0.15) is 5.56 Å². The highest BCUT2D eigenvalue weighted by Crippen LogP contribution is 2.20. The van der Waals surface area contributed by atoms with Crippen LogP contribution in [0, 0.1) is 12.7 Å². The molecule has 1 N–H and O–H groups in total. The lowest BCUT2D eigenvalue weighted by molar-refractivity contribution is 0.0730. The minimum atomic E-state index is -3.78. The first-order valence-electron chi connectivity index (χ1n) is 9.27. The molecule has 0 unspecified atom stereocenters. The van der Waals surface area contributed by atoms with Gasteiger partial charge in [-0.1, -0.05) is 0 Å². The molecule has 0 radical (unpaired) electrons. The van der Waals surface area contributed by atoms with E-state index in [9.17, 15) is 21.2 Å². The Labute approximate surface area is 175 Å². The summed E-state index contributed by atoms with van der Waals surface area (Å²) in [4.78, 5) is 0.128. The number of nitrogens with one attached hydrogen (secondary N) is 1. The second-order valence-electron chi connectivity index (χ2n) is 6.65. The molecule has 11 heteroatoms. The molecule has 3 rings (SSSR count).